The van der Waals surface area contributed by atoms with Crippen molar-refractivity contribution in [2.75, 3.05) is 6.54 Å². The Labute approximate surface area is 138 Å². The molecule has 0 unspecified atom stereocenters. The summed E-state index contributed by atoms with van der Waals surface area (Å²) in [6, 6.07) is 10.4. The molecular formula is C18H18F2N2O2. The first kappa shape index (κ1) is 17.6. The molecule has 2 N–H and O–H groups in total. The van der Waals surface area contributed by atoms with E-state index < -0.39 is 17.5 Å². The van der Waals surface area contributed by atoms with Gasteiger partial charge in [0.05, 0.1) is 5.56 Å². The maximum atomic E-state index is 13.5. The van der Waals surface area contributed by atoms with Crippen LogP contribution >= 0.6 is 0 Å². The van der Waals surface area contributed by atoms with Crippen LogP contribution in [-0.2, 0) is 11.3 Å². The molecule has 2 rings (SSSR count). The summed E-state index contributed by atoms with van der Waals surface area (Å²) in [5.41, 5.74) is 1.85. The summed E-state index contributed by atoms with van der Waals surface area (Å²) in [7, 11) is 0. The molecule has 0 fully saturated rings. The Hall–Kier alpha value is -2.76. The van der Waals surface area contributed by atoms with Gasteiger partial charge in [-0.3, -0.25) is 9.59 Å². The van der Waals surface area contributed by atoms with E-state index in [-0.39, 0.29) is 24.4 Å². The van der Waals surface area contributed by atoms with E-state index in [1.54, 1.807) is 0 Å². The van der Waals surface area contributed by atoms with Gasteiger partial charge in [0.15, 0.2) is 0 Å². The van der Waals surface area contributed by atoms with Crippen molar-refractivity contribution in [2.45, 2.75) is 19.9 Å². The quantitative estimate of drug-likeness (QED) is 0.854. The van der Waals surface area contributed by atoms with Gasteiger partial charge in [0.25, 0.3) is 5.91 Å². The number of halogens is 2. The minimum Gasteiger partial charge on any atom is -0.352 e. The van der Waals surface area contributed by atoms with Crippen LogP contribution in [0.25, 0.3) is 0 Å². The van der Waals surface area contributed by atoms with Crippen molar-refractivity contribution < 1.29 is 18.4 Å². The molecule has 2 amide bonds. The Morgan fingerprint density at radius 2 is 1.79 bits per heavy atom. The fourth-order valence-electron chi connectivity index (χ4n) is 2.15. The molecule has 0 aliphatic heterocycles. The molecule has 4 nitrogen and oxygen atoms in total. The highest BCUT2D eigenvalue weighted by atomic mass is 19.1. The van der Waals surface area contributed by atoms with Crippen LogP contribution in [0.5, 0.6) is 0 Å². The smallest absolute Gasteiger partial charge is 0.254 e. The zero-order chi connectivity index (χ0) is 17.5. The van der Waals surface area contributed by atoms with Crippen molar-refractivity contribution >= 4 is 11.8 Å². The lowest BCUT2D eigenvalue weighted by molar-refractivity contribution is -0.121. The van der Waals surface area contributed by atoms with Crippen LogP contribution in [0.1, 0.15) is 27.9 Å². The normalized spacial score (nSPS) is 10.3. The van der Waals surface area contributed by atoms with E-state index in [0.29, 0.717) is 12.6 Å². The maximum Gasteiger partial charge on any atom is 0.254 e. The number of carbonyl (C=O) groups excluding carboxylic acids is 2. The molecule has 0 bridgehead atoms. The molecule has 0 aromatic heterocycles. The molecular weight excluding hydrogens is 314 g/mol. The fraction of sp³-hybridized carbons (Fsp3) is 0.222. The first-order valence-electron chi connectivity index (χ1n) is 7.52. The SMILES string of the molecule is Cc1ccccc1CNC(=O)CCNC(=O)c1ccc(F)cc1F. The van der Waals surface area contributed by atoms with E-state index in [4.69, 9.17) is 0 Å². The van der Waals surface area contributed by atoms with Crippen molar-refractivity contribution in [3.05, 3.63) is 70.8 Å². The third-order valence-corrected chi connectivity index (χ3v) is 3.55. The van der Waals surface area contributed by atoms with Crippen molar-refractivity contribution in [3.63, 3.8) is 0 Å². The Morgan fingerprint density at radius 3 is 2.50 bits per heavy atom. The second-order valence-electron chi connectivity index (χ2n) is 5.33. The third-order valence-electron chi connectivity index (χ3n) is 3.55. The Bertz CT molecular complexity index is 748. The molecule has 0 saturated carbocycles. The van der Waals surface area contributed by atoms with Crippen molar-refractivity contribution in [1.29, 1.82) is 0 Å². The second kappa shape index (κ2) is 8.19. The average molecular weight is 332 g/mol. The van der Waals surface area contributed by atoms with Crippen LogP contribution in [0.15, 0.2) is 42.5 Å². The topological polar surface area (TPSA) is 58.2 Å². The monoisotopic (exact) mass is 332 g/mol. The molecule has 0 spiro atoms. The highest BCUT2D eigenvalue weighted by Gasteiger charge is 2.12. The van der Waals surface area contributed by atoms with Gasteiger partial charge < -0.3 is 10.6 Å². The van der Waals surface area contributed by atoms with Gasteiger partial charge in [-0.15, -0.1) is 0 Å². The second-order valence-corrected chi connectivity index (χ2v) is 5.33. The molecule has 0 heterocycles. The summed E-state index contributed by atoms with van der Waals surface area (Å²) >= 11 is 0. The van der Waals surface area contributed by atoms with Crippen LogP contribution in [0.4, 0.5) is 8.78 Å². The van der Waals surface area contributed by atoms with E-state index >= 15 is 0 Å². The Morgan fingerprint density at radius 1 is 1.04 bits per heavy atom. The first-order chi connectivity index (χ1) is 11.5. The number of benzene rings is 2. The van der Waals surface area contributed by atoms with Gasteiger partial charge >= 0.3 is 0 Å². The van der Waals surface area contributed by atoms with Crippen LogP contribution in [0.2, 0.25) is 0 Å². The zero-order valence-corrected chi connectivity index (χ0v) is 13.2. The van der Waals surface area contributed by atoms with Gasteiger partial charge in [-0.2, -0.15) is 0 Å². The number of hydrogen-bond acceptors (Lipinski definition) is 2. The molecule has 0 aliphatic carbocycles. The summed E-state index contributed by atoms with van der Waals surface area (Å²) in [5, 5.41) is 5.20. The predicted octanol–water partition coefficient (Wildman–Crippen LogP) is 2.71. The molecule has 2 aromatic rings. The van der Waals surface area contributed by atoms with Crippen molar-refractivity contribution in [2.24, 2.45) is 0 Å². The Kier molecular flexibility index (Phi) is 6.01. The summed E-state index contributed by atoms with van der Waals surface area (Å²) in [6.07, 6.45) is 0.0699. The van der Waals surface area contributed by atoms with Gasteiger partial charge in [-0.25, -0.2) is 8.78 Å². The fourth-order valence-corrected chi connectivity index (χ4v) is 2.15. The van der Waals surface area contributed by atoms with Gasteiger partial charge in [-0.1, -0.05) is 24.3 Å². The number of hydrogen-bond donors (Lipinski definition) is 2. The molecule has 126 valence electrons. The molecule has 0 saturated heterocycles. The van der Waals surface area contributed by atoms with E-state index in [0.717, 1.165) is 23.3 Å². The van der Waals surface area contributed by atoms with E-state index in [9.17, 15) is 18.4 Å². The predicted molar refractivity (Wildman–Crippen MR) is 86.3 cm³/mol. The lowest BCUT2D eigenvalue weighted by atomic mass is 10.1. The zero-order valence-electron chi connectivity index (χ0n) is 13.2. The number of carbonyl (C=O) groups is 2. The van der Waals surface area contributed by atoms with Crippen molar-refractivity contribution in [1.82, 2.24) is 10.6 Å². The Balaban J connectivity index is 1.76. The summed E-state index contributed by atoms with van der Waals surface area (Å²) in [4.78, 5) is 23.5. The van der Waals surface area contributed by atoms with E-state index in [1.807, 2.05) is 31.2 Å². The summed E-state index contributed by atoms with van der Waals surface area (Å²) in [6.45, 7) is 2.43. The molecule has 24 heavy (non-hydrogen) atoms. The number of amides is 2. The minimum atomic E-state index is -0.934. The molecule has 2 aromatic carbocycles. The highest BCUT2D eigenvalue weighted by molar-refractivity contribution is 5.94. The first-order valence-corrected chi connectivity index (χ1v) is 7.52. The van der Waals surface area contributed by atoms with Crippen LogP contribution in [-0.4, -0.2) is 18.4 Å². The summed E-state index contributed by atoms with van der Waals surface area (Å²) < 4.78 is 26.3. The van der Waals surface area contributed by atoms with Gasteiger partial charge in [-0.05, 0) is 30.2 Å². The van der Waals surface area contributed by atoms with Gasteiger partial charge in [0.2, 0.25) is 5.91 Å². The third kappa shape index (κ3) is 4.87. The number of aryl methyl sites for hydroxylation is 1. The van der Waals surface area contributed by atoms with Crippen LogP contribution < -0.4 is 10.6 Å². The average Bonchev–Trinajstić information content (AvgIpc) is 2.54. The van der Waals surface area contributed by atoms with E-state index in [1.165, 1.54) is 0 Å². The van der Waals surface area contributed by atoms with Crippen LogP contribution in [0, 0.1) is 18.6 Å². The van der Waals surface area contributed by atoms with Gasteiger partial charge in [0.1, 0.15) is 11.6 Å². The number of nitrogens with one attached hydrogen (secondary N) is 2. The molecule has 0 aliphatic rings. The minimum absolute atomic E-state index is 0.0647. The van der Waals surface area contributed by atoms with Crippen molar-refractivity contribution in [3.8, 4) is 0 Å². The van der Waals surface area contributed by atoms with E-state index in [2.05, 4.69) is 10.6 Å². The highest BCUT2D eigenvalue weighted by Crippen LogP contribution is 2.09. The lowest BCUT2D eigenvalue weighted by Crippen LogP contribution is -2.31. The van der Waals surface area contributed by atoms with Crippen LogP contribution in [0.3, 0.4) is 0 Å². The molecule has 0 atom stereocenters. The maximum absolute atomic E-state index is 13.5. The largest absolute Gasteiger partial charge is 0.352 e. The summed E-state index contributed by atoms with van der Waals surface area (Å²) in [5.74, 6) is -2.59. The number of rotatable bonds is 6. The standard InChI is InChI=1S/C18H18F2N2O2/c1-12-4-2-3-5-13(12)11-22-17(23)8-9-21-18(24)15-7-6-14(19)10-16(15)20/h2-7,10H,8-9,11H2,1H3,(H,21,24)(H,22,23). The van der Waals surface area contributed by atoms with Gasteiger partial charge in [0, 0.05) is 25.6 Å². The lowest BCUT2D eigenvalue weighted by Gasteiger charge is -2.09. The molecule has 0 radical (unpaired) electrons. The molecule has 6 heteroatoms.